The lowest BCUT2D eigenvalue weighted by molar-refractivity contribution is -0.141. The van der Waals surface area contributed by atoms with Crippen LogP contribution < -0.4 is 0 Å². The van der Waals surface area contributed by atoms with E-state index < -0.39 is 5.97 Å². The van der Waals surface area contributed by atoms with E-state index in [4.69, 9.17) is 11.6 Å². The van der Waals surface area contributed by atoms with Gasteiger partial charge in [0.25, 0.3) is 0 Å². The molecule has 2 atom stereocenters. The second-order valence-corrected chi connectivity index (χ2v) is 6.66. The molecule has 1 aliphatic carbocycles. The molecular weight excluding hydrogens is 280 g/mol. The van der Waals surface area contributed by atoms with E-state index in [2.05, 4.69) is 0 Å². The highest BCUT2D eigenvalue weighted by Crippen LogP contribution is 2.35. The Kier molecular flexibility index (Phi) is 5.59. The number of carbonyl (C=O) groups is 1. The molecule has 1 N–H and O–H groups in total. The van der Waals surface area contributed by atoms with Crippen LogP contribution in [-0.4, -0.2) is 16.3 Å². The third-order valence-corrected chi connectivity index (χ3v) is 5.52. The number of halogens is 1. The van der Waals surface area contributed by atoms with Gasteiger partial charge in [0.05, 0.1) is 5.92 Å². The summed E-state index contributed by atoms with van der Waals surface area (Å²) in [5, 5.41) is 10.3. The van der Waals surface area contributed by atoms with Gasteiger partial charge in [-0.25, -0.2) is 0 Å². The summed E-state index contributed by atoms with van der Waals surface area (Å²) >= 11 is 7.89. The minimum absolute atomic E-state index is 0.199. The molecule has 1 aromatic rings. The normalized spacial score (nSPS) is 23.8. The van der Waals surface area contributed by atoms with Crippen LogP contribution in [0.15, 0.2) is 24.3 Å². The number of carboxylic acids is 1. The molecule has 1 aliphatic rings. The van der Waals surface area contributed by atoms with Crippen molar-refractivity contribution in [2.45, 2.75) is 43.1 Å². The number of rotatable bonds is 4. The molecule has 0 saturated heterocycles. The molecule has 4 heteroatoms. The Morgan fingerprint density at radius 3 is 2.74 bits per heavy atom. The summed E-state index contributed by atoms with van der Waals surface area (Å²) in [5.74, 6) is -0.0396. The van der Waals surface area contributed by atoms with Gasteiger partial charge < -0.3 is 5.11 Å². The first-order valence-electron chi connectivity index (χ1n) is 6.76. The minimum atomic E-state index is -0.640. The number of benzene rings is 1. The first-order chi connectivity index (χ1) is 9.18. The first kappa shape index (κ1) is 14.7. The van der Waals surface area contributed by atoms with E-state index in [0.29, 0.717) is 0 Å². The fourth-order valence-electron chi connectivity index (χ4n) is 2.57. The summed E-state index contributed by atoms with van der Waals surface area (Å²) in [6, 6.07) is 7.80. The Balaban J connectivity index is 1.99. The number of hydrogen-bond donors (Lipinski definition) is 1. The lowest BCUT2D eigenvalue weighted by Crippen LogP contribution is -2.24. The molecule has 0 aliphatic heterocycles. The van der Waals surface area contributed by atoms with E-state index in [1.54, 1.807) is 11.8 Å². The monoisotopic (exact) mass is 298 g/mol. The van der Waals surface area contributed by atoms with E-state index in [1.165, 1.54) is 0 Å². The average molecular weight is 299 g/mol. The molecule has 1 saturated carbocycles. The Bertz CT molecular complexity index is 436. The van der Waals surface area contributed by atoms with Gasteiger partial charge in [-0.2, -0.15) is 11.8 Å². The largest absolute Gasteiger partial charge is 0.481 e. The summed E-state index contributed by atoms with van der Waals surface area (Å²) in [6.07, 6.45) is 5.17. The molecule has 1 aromatic carbocycles. The van der Waals surface area contributed by atoms with Crippen molar-refractivity contribution >= 4 is 29.3 Å². The Labute approximate surface area is 123 Å². The van der Waals surface area contributed by atoms with Crippen LogP contribution in [0.25, 0.3) is 0 Å². The molecule has 0 heterocycles. The lowest BCUT2D eigenvalue weighted by atomic mass is 10.0. The molecule has 19 heavy (non-hydrogen) atoms. The highest BCUT2D eigenvalue weighted by atomic mass is 35.5. The Hall–Kier alpha value is -0.670. The molecule has 0 bridgehead atoms. The quantitative estimate of drug-likeness (QED) is 0.825. The van der Waals surface area contributed by atoms with Crippen LogP contribution in [0.3, 0.4) is 0 Å². The van der Waals surface area contributed by atoms with Crippen LogP contribution >= 0.6 is 23.4 Å². The van der Waals surface area contributed by atoms with Gasteiger partial charge in [0.2, 0.25) is 0 Å². The van der Waals surface area contributed by atoms with Crippen LogP contribution in [0, 0.1) is 5.92 Å². The average Bonchev–Trinajstić information content (AvgIpc) is 2.63. The predicted molar refractivity (Wildman–Crippen MR) is 80.7 cm³/mol. The molecular formula is C15H19ClO2S. The Morgan fingerprint density at radius 1 is 1.26 bits per heavy atom. The maximum atomic E-state index is 11.4. The number of thioether (sulfide) groups is 1. The second-order valence-electron chi connectivity index (χ2n) is 5.02. The molecule has 2 unspecified atom stereocenters. The Morgan fingerprint density at radius 2 is 2.00 bits per heavy atom. The number of aliphatic carboxylic acids is 1. The zero-order chi connectivity index (χ0) is 13.7. The van der Waals surface area contributed by atoms with Gasteiger partial charge in [-0.05, 0) is 24.5 Å². The third-order valence-electron chi connectivity index (χ3n) is 3.68. The molecule has 0 aromatic heterocycles. The maximum absolute atomic E-state index is 11.4. The van der Waals surface area contributed by atoms with Crippen LogP contribution in [0.5, 0.6) is 0 Å². The van der Waals surface area contributed by atoms with Crippen molar-refractivity contribution in [3.63, 3.8) is 0 Å². The summed E-state index contributed by atoms with van der Waals surface area (Å²) in [4.78, 5) is 11.4. The number of carboxylic acid groups (broad SMARTS) is 1. The van der Waals surface area contributed by atoms with Crippen molar-refractivity contribution in [3.8, 4) is 0 Å². The molecule has 0 radical (unpaired) electrons. The maximum Gasteiger partial charge on any atom is 0.307 e. The molecule has 0 spiro atoms. The summed E-state index contributed by atoms with van der Waals surface area (Å²) < 4.78 is 0. The van der Waals surface area contributed by atoms with Crippen LogP contribution in [0.1, 0.15) is 37.7 Å². The van der Waals surface area contributed by atoms with Crippen LogP contribution in [0.4, 0.5) is 0 Å². The van der Waals surface area contributed by atoms with Gasteiger partial charge in [0.15, 0.2) is 0 Å². The van der Waals surface area contributed by atoms with Gasteiger partial charge in [-0.1, -0.05) is 49.1 Å². The van der Waals surface area contributed by atoms with Gasteiger partial charge in [-0.15, -0.1) is 0 Å². The van der Waals surface area contributed by atoms with Gasteiger partial charge >= 0.3 is 5.97 Å². The summed E-state index contributed by atoms with van der Waals surface area (Å²) in [7, 11) is 0. The molecule has 0 amide bonds. The molecule has 1 fully saturated rings. The van der Waals surface area contributed by atoms with Crippen molar-refractivity contribution < 1.29 is 9.90 Å². The zero-order valence-electron chi connectivity index (χ0n) is 10.8. The molecule has 104 valence electrons. The second kappa shape index (κ2) is 7.20. The third kappa shape index (κ3) is 4.15. The lowest BCUT2D eigenvalue weighted by Gasteiger charge is -2.21. The van der Waals surface area contributed by atoms with Gasteiger partial charge in [-0.3, -0.25) is 4.79 Å². The fraction of sp³-hybridized carbons (Fsp3) is 0.533. The van der Waals surface area contributed by atoms with Gasteiger partial charge in [0.1, 0.15) is 0 Å². The summed E-state index contributed by atoms with van der Waals surface area (Å²) in [6.45, 7) is 0. The minimum Gasteiger partial charge on any atom is -0.481 e. The van der Waals surface area contributed by atoms with E-state index in [-0.39, 0.29) is 11.2 Å². The topological polar surface area (TPSA) is 37.3 Å². The predicted octanol–water partition coefficient (Wildman–Crippen LogP) is 4.61. The van der Waals surface area contributed by atoms with Crippen molar-refractivity contribution in [2.24, 2.45) is 5.92 Å². The SMILES string of the molecule is O=C(O)C1CCCCCC1SCc1ccccc1Cl. The zero-order valence-corrected chi connectivity index (χ0v) is 12.4. The van der Waals surface area contributed by atoms with Crippen molar-refractivity contribution in [2.75, 3.05) is 0 Å². The fourth-order valence-corrected chi connectivity index (χ4v) is 4.31. The highest BCUT2D eigenvalue weighted by molar-refractivity contribution is 7.99. The van der Waals surface area contributed by atoms with E-state index >= 15 is 0 Å². The van der Waals surface area contributed by atoms with Crippen molar-refractivity contribution in [3.05, 3.63) is 34.9 Å². The van der Waals surface area contributed by atoms with E-state index in [1.807, 2.05) is 24.3 Å². The standard InChI is InChI=1S/C15H19ClO2S/c16-13-8-5-4-6-11(13)10-19-14-9-3-1-2-7-12(14)15(17)18/h4-6,8,12,14H,1-3,7,9-10H2,(H,17,18). The summed E-state index contributed by atoms with van der Waals surface area (Å²) in [5.41, 5.74) is 1.10. The van der Waals surface area contributed by atoms with Gasteiger partial charge in [0, 0.05) is 16.0 Å². The first-order valence-corrected chi connectivity index (χ1v) is 8.19. The van der Waals surface area contributed by atoms with Crippen LogP contribution in [0.2, 0.25) is 5.02 Å². The van der Waals surface area contributed by atoms with E-state index in [0.717, 1.165) is 48.4 Å². The van der Waals surface area contributed by atoms with Crippen LogP contribution in [-0.2, 0) is 10.5 Å². The smallest absolute Gasteiger partial charge is 0.307 e. The van der Waals surface area contributed by atoms with E-state index in [9.17, 15) is 9.90 Å². The van der Waals surface area contributed by atoms with Crippen molar-refractivity contribution in [1.82, 2.24) is 0 Å². The number of hydrogen-bond acceptors (Lipinski definition) is 2. The highest BCUT2D eigenvalue weighted by Gasteiger charge is 2.29. The molecule has 2 nitrogen and oxygen atoms in total. The molecule has 2 rings (SSSR count). The van der Waals surface area contributed by atoms with Crippen molar-refractivity contribution in [1.29, 1.82) is 0 Å².